The van der Waals surface area contributed by atoms with Gasteiger partial charge in [0, 0.05) is 46.3 Å². The molecule has 1 aliphatic rings. The molecule has 4 heterocycles. The summed E-state index contributed by atoms with van der Waals surface area (Å²) in [6.07, 6.45) is 1.71. The fourth-order valence-electron chi connectivity index (χ4n) is 3.22. The standard InChI is InChI=1S/C17H22N8O3/c1-22-7-9-24(10-8-22)6-5-18-15-12-11-19-23(2)17(12)21-16(20-15)13-3-4-14(28-13)25(26)27/h3-4,11H,5-10H2,1-2H3,(H,18,20,21). The maximum absolute atomic E-state index is 10.9. The molecular formula is C17H22N8O3. The van der Waals surface area contributed by atoms with E-state index >= 15 is 0 Å². The van der Waals surface area contributed by atoms with E-state index in [2.05, 4.69) is 37.2 Å². The van der Waals surface area contributed by atoms with E-state index < -0.39 is 4.92 Å². The van der Waals surface area contributed by atoms with Gasteiger partial charge in [-0.2, -0.15) is 5.10 Å². The summed E-state index contributed by atoms with van der Waals surface area (Å²) in [4.78, 5) is 24.0. The van der Waals surface area contributed by atoms with Crippen molar-refractivity contribution in [1.29, 1.82) is 0 Å². The summed E-state index contributed by atoms with van der Waals surface area (Å²) in [6.45, 7) is 5.87. The first kappa shape index (κ1) is 18.3. The van der Waals surface area contributed by atoms with E-state index in [0.717, 1.165) is 44.7 Å². The molecule has 0 aliphatic carbocycles. The molecule has 1 aliphatic heterocycles. The van der Waals surface area contributed by atoms with Gasteiger partial charge in [0.1, 0.15) is 10.7 Å². The van der Waals surface area contributed by atoms with Crippen LogP contribution in [0.5, 0.6) is 0 Å². The first-order valence-electron chi connectivity index (χ1n) is 9.10. The van der Waals surface area contributed by atoms with Crippen LogP contribution < -0.4 is 5.32 Å². The fraction of sp³-hybridized carbons (Fsp3) is 0.471. The Morgan fingerprint density at radius 2 is 2.00 bits per heavy atom. The van der Waals surface area contributed by atoms with E-state index in [1.165, 1.54) is 12.1 Å². The Hall–Kier alpha value is -3.05. The van der Waals surface area contributed by atoms with Gasteiger partial charge in [0.25, 0.3) is 0 Å². The molecular weight excluding hydrogens is 364 g/mol. The van der Waals surface area contributed by atoms with E-state index in [9.17, 15) is 10.1 Å². The highest BCUT2D eigenvalue weighted by atomic mass is 16.6. The molecule has 3 aromatic rings. The molecule has 11 heteroatoms. The van der Waals surface area contributed by atoms with Crippen LogP contribution in [0.1, 0.15) is 0 Å². The lowest BCUT2D eigenvalue weighted by molar-refractivity contribution is -0.401. The highest BCUT2D eigenvalue weighted by Crippen LogP contribution is 2.27. The monoisotopic (exact) mass is 386 g/mol. The van der Waals surface area contributed by atoms with E-state index in [4.69, 9.17) is 4.42 Å². The van der Waals surface area contributed by atoms with Gasteiger partial charge >= 0.3 is 5.88 Å². The van der Waals surface area contributed by atoms with Crippen LogP contribution in [0.4, 0.5) is 11.7 Å². The van der Waals surface area contributed by atoms with Crippen LogP contribution in [0.2, 0.25) is 0 Å². The molecule has 0 aromatic carbocycles. The third-order valence-electron chi connectivity index (χ3n) is 4.90. The molecule has 0 unspecified atom stereocenters. The van der Waals surface area contributed by atoms with Crippen LogP contribution in [-0.2, 0) is 7.05 Å². The lowest BCUT2D eigenvalue weighted by atomic mass is 10.3. The van der Waals surface area contributed by atoms with Crippen molar-refractivity contribution >= 4 is 22.7 Å². The molecule has 0 radical (unpaired) electrons. The molecule has 0 saturated carbocycles. The van der Waals surface area contributed by atoms with Crippen LogP contribution in [0.15, 0.2) is 22.7 Å². The van der Waals surface area contributed by atoms with Crippen molar-refractivity contribution in [3.63, 3.8) is 0 Å². The number of nitrogens with zero attached hydrogens (tertiary/aromatic N) is 7. The summed E-state index contributed by atoms with van der Waals surface area (Å²) in [6, 6.07) is 2.80. The van der Waals surface area contributed by atoms with Gasteiger partial charge < -0.3 is 14.6 Å². The second kappa shape index (κ2) is 7.52. The second-order valence-electron chi connectivity index (χ2n) is 6.87. The second-order valence-corrected chi connectivity index (χ2v) is 6.87. The van der Waals surface area contributed by atoms with Crippen LogP contribution in [-0.4, -0.2) is 80.8 Å². The van der Waals surface area contributed by atoms with Crippen molar-refractivity contribution in [2.45, 2.75) is 0 Å². The molecule has 3 aromatic heterocycles. The number of aromatic nitrogens is 4. The lowest BCUT2D eigenvalue weighted by Crippen LogP contribution is -2.45. The first-order chi connectivity index (χ1) is 13.5. The number of nitrogens with one attached hydrogen (secondary N) is 1. The summed E-state index contributed by atoms with van der Waals surface area (Å²) in [5, 5.41) is 19.3. The molecule has 148 valence electrons. The average molecular weight is 386 g/mol. The van der Waals surface area contributed by atoms with Crippen LogP contribution in [0, 0.1) is 10.1 Å². The molecule has 4 rings (SSSR count). The van der Waals surface area contributed by atoms with Crippen molar-refractivity contribution in [2.75, 3.05) is 51.6 Å². The Kier molecular flexibility index (Phi) is 4.92. The zero-order valence-corrected chi connectivity index (χ0v) is 15.8. The topological polar surface area (TPSA) is 118 Å². The predicted octanol–water partition coefficient (Wildman–Crippen LogP) is 1.19. The maximum Gasteiger partial charge on any atom is 0.433 e. The zero-order chi connectivity index (χ0) is 19.7. The number of piperazine rings is 1. The summed E-state index contributed by atoms with van der Waals surface area (Å²) < 4.78 is 6.91. The summed E-state index contributed by atoms with van der Waals surface area (Å²) in [5.41, 5.74) is 0.631. The summed E-state index contributed by atoms with van der Waals surface area (Å²) in [7, 11) is 3.92. The third-order valence-corrected chi connectivity index (χ3v) is 4.90. The molecule has 28 heavy (non-hydrogen) atoms. The number of hydrogen-bond donors (Lipinski definition) is 1. The number of aryl methyl sites for hydroxylation is 1. The Labute approximate surface area is 161 Å². The van der Waals surface area contributed by atoms with Crippen molar-refractivity contribution in [1.82, 2.24) is 29.5 Å². The molecule has 0 bridgehead atoms. The third kappa shape index (κ3) is 3.66. The number of fused-ring (bicyclic) bond motifs is 1. The number of rotatable bonds is 6. The average Bonchev–Trinajstić information content (AvgIpc) is 3.31. The fourth-order valence-corrected chi connectivity index (χ4v) is 3.22. The van der Waals surface area contributed by atoms with Gasteiger partial charge in [-0.05, 0) is 13.1 Å². The maximum atomic E-state index is 10.9. The molecule has 0 atom stereocenters. The van der Waals surface area contributed by atoms with Gasteiger partial charge in [0.15, 0.2) is 17.2 Å². The number of anilines is 1. The molecule has 1 saturated heterocycles. The zero-order valence-electron chi connectivity index (χ0n) is 15.8. The van der Waals surface area contributed by atoms with E-state index in [1.807, 2.05) is 0 Å². The Balaban J connectivity index is 1.55. The predicted molar refractivity (Wildman–Crippen MR) is 103 cm³/mol. The van der Waals surface area contributed by atoms with E-state index in [1.54, 1.807) is 17.9 Å². The molecule has 1 fully saturated rings. The highest BCUT2D eigenvalue weighted by Gasteiger charge is 2.19. The van der Waals surface area contributed by atoms with Crippen molar-refractivity contribution < 1.29 is 9.34 Å². The molecule has 0 spiro atoms. The summed E-state index contributed by atoms with van der Waals surface area (Å²) >= 11 is 0. The molecule has 1 N–H and O–H groups in total. The Morgan fingerprint density at radius 1 is 1.21 bits per heavy atom. The van der Waals surface area contributed by atoms with Gasteiger partial charge in [-0.3, -0.25) is 19.7 Å². The minimum atomic E-state index is -0.582. The number of nitro groups is 1. The molecule has 0 amide bonds. The lowest BCUT2D eigenvalue weighted by Gasteiger charge is -2.32. The minimum Gasteiger partial charge on any atom is -0.397 e. The van der Waals surface area contributed by atoms with E-state index in [-0.39, 0.29) is 17.5 Å². The Morgan fingerprint density at radius 3 is 2.71 bits per heavy atom. The largest absolute Gasteiger partial charge is 0.433 e. The Bertz CT molecular complexity index is 990. The van der Waals surface area contributed by atoms with Crippen molar-refractivity contribution in [3.8, 4) is 11.6 Å². The van der Waals surface area contributed by atoms with Crippen LogP contribution >= 0.6 is 0 Å². The van der Waals surface area contributed by atoms with Crippen LogP contribution in [0.25, 0.3) is 22.6 Å². The SMILES string of the molecule is CN1CCN(CCNc2nc(-c3ccc([N+](=O)[O-])o3)nc3c2cnn3C)CC1. The van der Waals surface area contributed by atoms with Gasteiger partial charge in [-0.1, -0.05) is 0 Å². The van der Waals surface area contributed by atoms with Crippen LogP contribution in [0.3, 0.4) is 0 Å². The van der Waals surface area contributed by atoms with Gasteiger partial charge in [0.2, 0.25) is 0 Å². The number of hydrogen-bond acceptors (Lipinski definition) is 9. The minimum absolute atomic E-state index is 0.247. The smallest absolute Gasteiger partial charge is 0.397 e. The van der Waals surface area contributed by atoms with Crippen molar-refractivity contribution in [3.05, 3.63) is 28.4 Å². The summed E-state index contributed by atoms with van der Waals surface area (Å²) in [5.74, 6) is 0.831. The molecule has 11 nitrogen and oxygen atoms in total. The van der Waals surface area contributed by atoms with E-state index in [0.29, 0.717) is 11.5 Å². The number of likely N-dealkylation sites (N-methyl/N-ethyl adjacent to an activating group) is 1. The van der Waals surface area contributed by atoms with Gasteiger partial charge in [-0.15, -0.1) is 0 Å². The van der Waals surface area contributed by atoms with Gasteiger partial charge in [-0.25, -0.2) is 9.97 Å². The highest BCUT2D eigenvalue weighted by molar-refractivity contribution is 5.87. The normalized spacial score (nSPS) is 15.9. The van der Waals surface area contributed by atoms with Gasteiger partial charge in [0.05, 0.1) is 17.6 Å². The number of furan rings is 1. The van der Waals surface area contributed by atoms with Crippen molar-refractivity contribution in [2.24, 2.45) is 7.05 Å². The first-order valence-corrected chi connectivity index (χ1v) is 9.10. The quantitative estimate of drug-likeness (QED) is 0.492.